The third-order valence-corrected chi connectivity index (χ3v) is 5.96. The predicted molar refractivity (Wildman–Crippen MR) is 85.0 cm³/mol. The SMILES string of the molecule is CCc1cccc(CC)c1S(=O)(=O)NC1(c2ncc[nH]2)CC1. The summed E-state index contributed by atoms with van der Waals surface area (Å²) in [5, 5.41) is 0. The number of nitrogens with zero attached hydrogens (tertiary/aromatic N) is 1. The monoisotopic (exact) mass is 319 g/mol. The van der Waals surface area contributed by atoms with Gasteiger partial charge < -0.3 is 4.98 Å². The third kappa shape index (κ3) is 2.57. The number of aryl methyl sites for hydroxylation is 2. The van der Waals surface area contributed by atoms with Crippen molar-refractivity contribution >= 4 is 10.0 Å². The van der Waals surface area contributed by atoms with Gasteiger partial charge in [0, 0.05) is 12.4 Å². The summed E-state index contributed by atoms with van der Waals surface area (Å²) in [5.74, 6) is 0.697. The number of aromatic nitrogens is 2. The number of imidazole rings is 1. The summed E-state index contributed by atoms with van der Waals surface area (Å²) in [5.41, 5.74) is 1.16. The average Bonchev–Trinajstić information content (AvgIpc) is 3.06. The first-order chi connectivity index (χ1) is 10.5. The lowest BCUT2D eigenvalue weighted by atomic mass is 10.1. The minimum absolute atomic E-state index is 0.442. The normalized spacial score (nSPS) is 16.6. The summed E-state index contributed by atoms with van der Waals surface area (Å²) in [6, 6.07) is 5.70. The quantitative estimate of drug-likeness (QED) is 0.859. The van der Waals surface area contributed by atoms with Crippen LogP contribution in [0.15, 0.2) is 35.5 Å². The van der Waals surface area contributed by atoms with Crippen LogP contribution in [0, 0.1) is 0 Å². The van der Waals surface area contributed by atoms with Gasteiger partial charge in [0.05, 0.1) is 10.4 Å². The number of hydrogen-bond acceptors (Lipinski definition) is 3. The Morgan fingerprint density at radius 2 is 1.86 bits per heavy atom. The summed E-state index contributed by atoms with van der Waals surface area (Å²) in [6.07, 6.45) is 6.31. The number of sulfonamides is 1. The molecule has 0 atom stereocenters. The van der Waals surface area contributed by atoms with Crippen molar-refractivity contribution < 1.29 is 8.42 Å². The second-order valence-electron chi connectivity index (χ2n) is 5.74. The van der Waals surface area contributed by atoms with E-state index in [1.165, 1.54) is 0 Å². The average molecular weight is 319 g/mol. The van der Waals surface area contributed by atoms with E-state index in [4.69, 9.17) is 0 Å². The molecule has 5 nitrogen and oxygen atoms in total. The van der Waals surface area contributed by atoms with Crippen molar-refractivity contribution in [2.75, 3.05) is 0 Å². The van der Waals surface area contributed by atoms with E-state index in [1.807, 2.05) is 32.0 Å². The molecule has 1 heterocycles. The van der Waals surface area contributed by atoms with Crippen LogP contribution >= 0.6 is 0 Å². The summed E-state index contributed by atoms with van der Waals surface area (Å²) >= 11 is 0. The van der Waals surface area contributed by atoms with Crippen LogP contribution in [-0.2, 0) is 28.4 Å². The second-order valence-corrected chi connectivity index (χ2v) is 7.36. The number of nitrogens with one attached hydrogen (secondary N) is 2. The molecule has 1 aliphatic carbocycles. The van der Waals surface area contributed by atoms with Crippen LogP contribution in [0.2, 0.25) is 0 Å². The molecule has 0 radical (unpaired) electrons. The molecule has 22 heavy (non-hydrogen) atoms. The van der Waals surface area contributed by atoms with Gasteiger partial charge in [0.1, 0.15) is 5.82 Å². The van der Waals surface area contributed by atoms with Crippen molar-refractivity contribution in [3.05, 3.63) is 47.5 Å². The number of hydrogen-bond donors (Lipinski definition) is 2. The summed E-state index contributed by atoms with van der Waals surface area (Å²) in [6.45, 7) is 3.96. The van der Waals surface area contributed by atoms with E-state index in [1.54, 1.807) is 12.4 Å². The Balaban J connectivity index is 2.01. The Bertz CT molecular complexity index is 740. The Labute approximate surface area is 131 Å². The highest BCUT2D eigenvalue weighted by atomic mass is 32.2. The van der Waals surface area contributed by atoms with Crippen LogP contribution < -0.4 is 4.72 Å². The highest BCUT2D eigenvalue weighted by Crippen LogP contribution is 2.45. The lowest BCUT2D eigenvalue weighted by Gasteiger charge is -2.19. The van der Waals surface area contributed by atoms with Crippen LogP contribution in [0.4, 0.5) is 0 Å². The molecule has 0 unspecified atom stereocenters. The van der Waals surface area contributed by atoms with Gasteiger partial charge in [0.15, 0.2) is 0 Å². The third-order valence-electron chi connectivity index (χ3n) is 4.24. The van der Waals surface area contributed by atoms with E-state index in [-0.39, 0.29) is 0 Å². The first kappa shape index (κ1) is 15.2. The molecule has 1 aliphatic rings. The lowest BCUT2D eigenvalue weighted by Crippen LogP contribution is -2.36. The van der Waals surface area contributed by atoms with Gasteiger partial charge in [-0.05, 0) is 36.8 Å². The molecule has 2 aromatic rings. The summed E-state index contributed by atoms with van der Waals surface area (Å²) < 4.78 is 28.9. The second kappa shape index (κ2) is 5.52. The van der Waals surface area contributed by atoms with Crippen molar-refractivity contribution in [2.24, 2.45) is 0 Å². The Morgan fingerprint density at radius 1 is 1.23 bits per heavy atom. The molecule has 0 saturated heterocycles. The van der Waals surface area contributed by atoms with Gasteiger partial charge in [-0.3, -0.25) is 0 Å². The minimum Gasteiger partial charge on any atom is -0.347 e. The largest absolute Gasteiger partial charge is 0.347 e. The highest BCUT2D eigenvalue weighted by molar-refractivity contribution is 7.89. The molecule has 6 heteroatoms. The number of rotatable bonds is 6. The molecule has 3 rings (SSSR count). The molecule has 1 aromatic carbocycles. The molecule has 118 valence electrons. The zero-order valence-corrected chi connectivity index (χ0v) is 13.7. The molecule has 1 aromatic heterocycles. The summed E-state index contributed by atoms with van der Waals surface area (Å²) in [7, 11) is -3.58. The van der Waals surface area contributed by atoms with Crippen LogP contribution in [-0.4, -0.2) is 18.4 Å². The molecule has 1 saturated carbocycles. The van der Waals surface area contributed by atoms with Crippen LogP contribution in [0.1, 0.15) is 43.6 Å². The van der Waals surface area contributed by atoms with Crippen LogP contribution in [0.3, 0.4) is 0 Å². The van der Waals surface area contributed by atoms with Gasteiger partial charge in [-0.2, -0.15) is 4.72 Å². The topological polar surface area (TPSA) is 74.8 Å². The van der Waals surface area contributed by atoms with Crippen molar-refractivity contribution in [1.82, 2.24) is 14.7 Å². The first-order valence-corrected chi connectivity index (χ1v) is 9.15. The smallest absolute Gasteiger partial charge is 0.242 e. The van der Waals surface area contributed by atoms with E-state index >= 15 is 0 Å². The van der Waals surface area contributed by atoms with Gasteiger partial charge >= 0.3 is 0 Å². The maximum Gasteiger partial charge on any atom is 0.242 e. The van der Waals surface area contributed by atoms with Crippen molar-refractivity contribution in [1.29, 1.82) is 0 Å². The van der Waals surface area contributed by atoms with Crippen molar-refractivity contribution in [3.63, 3.8) is 0 Å². The molecule has 0 spiro atoms. The molecule has 2 N–H and O–H groups in total. The van der Waals surface area contributed by atoms with Crippen molar-refractivity contribution in [2.45, 2.75) is 50.0 Å². The van der Waals surface area contributed by atoms with Crippen molar-refractivity contribution in [3.8, 4) is 0 Å². The molecule has 1 fully saturated rings. The van der Waals surface area contributed by atoms with Gasteiger partial charge in [-0.25, -0.2) is 13.4 Å². The fourth-order valence-electron chi connectivity index (χ4n) is 2.89. The van der Waals surface area contributed by atoms with E-state index in [0.29, 0.717) is 23.6 Å². The Kier molecular flexibility index (Phi) is 3.82. The van der Waals surface area contributed by atoms with E-state index in [2.05, 4.69) is 14.7 Å². The highest BCUT2D eigenvalue weighted by Gasteiger charge is 2.50. The number of H-pyrrole nitrogens is 1. The zero-order valence-electron chi connectivity index (χ0n) is 12.9. The molecular formula is C16H21N3O2S. The van der Waals surface area contributed by atoms with Gasteiger partial charge in [0.25, 0.3) is 0 Å². The molecule has 0 amide bonds. The molecular weight excluding hydrogens is 298 g/mol. The Morgan fingerprint density at radius 3 is 2.32 bits per heavy atom. The maximum absolute atomic E-state index is 13.0. The molecule has 0 aliphatic heterocycles. The van der Waals surface area contributed by atoms with E-state index < -0.39 is 15.6 Å². The first-order valence-electron chi connectivity index (χ1n) is 7.67. The van der Waals surface area contributed by atoms with E-state index in [0.717, 1.165) is 24.0 Å². The number of aromatic amines is 1. The Hall–Kier alpha value is -1.66. The number of benzene rings is 1. The van der Waals surface area contributed by atoms with E-state index in [9.17, 15) is 8.42 Å². The molecule has 0 bridgehead atoms. The fraction of sp³-hybridized carbons (Fsp3) is 0.438. The predicted octanol–water partition coefficient (Wildman–Crippen LogP) is 2.50. The van der Waals surface area contributed by atoms with Crippen LogP contribution in [0.5, 0.6) is 0 Å². The standard InChI is InChI=1S/C16H21N3O2S/c1-3-12-6-5-7-13(4-2)14(12)22(20,21)19-16(8-9-16)15-17-10-11-18-15/h5-7,10-11,19H,3-4,8-9H2,1-2H3,(H,17,18). The lowest BCUT2D eigenvalue weighted by molar-refractivity contribution is 0.539. The fourth-order valence-corrected chi connectivity index (χ4v) is 4.92. The minimum atomic E-state index is -3.58. The van der Waals surface area contributed by atoms with Gasteiger partial charge in [0.2, 0.25) is 10.0 Å². The summed E-state index contributed by atoms with van der Waals surface area (Å²) in [4.78, 5) is 7.71. The maximum atomic E-state index is 13.0. The van der Waals surface area contributed by atoms with Crippen LogP contribution in [0.25, 0.3) is 0 Å². The zero-order chi connectivity index (χ0) is 15.8. The van der Waals surface area contributed by atoms with Gasteiger partial charge in [-0.1, -0.05) is 32.0 Å². The van der Waals surface area contributed by atoms with Gasteiger partial charge in [-0.15, -0.1) is 0 Å².